The van der Waals surface area contributed by atoms with Gasteiger partial charge in [-0.25, -0.2) is 0 Å². The van der Waals surface area contributed by atoms with Crippen molar-refractivity contribution in [3.63, 3.8) is 0 Å². The van der Waals surface area contributed by atoms with Crippen molar-refractivity contribution in [3.05, 3.63) is 217 Å². The fraction of sp³-hybridized carbons (Fsp3) is 0.0370. The molecule has 3 heteroatoms. The van der Waals surface area contributed by atoms with E-state index >= 15 is 0 Å². The van der Waals surface area contributed by atoms with Gasteiger partial charge in [0, 0.05) is 28.4 Å². The summed E-state index contributed by atoms with van der Waals surface area (Å²) in [6.07, 6.45) is 4.19. The molecule has 0 aliphatic carbocycles. The molecule has 11 rings (SSSR count). The summed E-state index contributed by atoms with van der Waals surface area (Å²) in [6.45, 7) is 2.19. The van der Waals surface area contributed by atoms with Gasteiger partial charge >= 0.3 is 0 Å². The Hall–Kier alpha value is -7.36. The summed E-state index contributed by atoms with van der Waals surface area (Å²) >= 11 is 0. The smallest absolute Gasteiger partial charge is 0.153 e. The minimum absolute atomic E-state index is 0.750. The molecule has 0 fully saturated rings. The van der Waals surface area contributed by atoms with Gasteiger partial charge in [-0.05, 0) is 108 Å². The van der Waals surface area contributed by atoms with Crippen LogP contribution in [0.15, 0.2) is 205 Å². The molecule has 3 nitrogen and oxygen atoms in total. The average Bonchev–Trinajstić information content (AvgIpc) is 3.28. The monoisotopic (exact) mass is 727 g/mol. The number of nitrogens with one attached hydrogen (secondary N) is 1. The fourth-order valence-electron chi connectivity index (χ4n) is 8.77. The van der Waals surface area contributed by atoms with Crippen molar-refractivity contribution in [2.24, 2.45) is 4.99 Å². The van der Waals surface area contributed by atoms with Crippen LogP contribution in [0.3, 0.4) is 0 Å². The molecule has 0 radical (unpaired) electrons. The lowest BCUT2D eigenvalue weighted by molar-refractivity contribution is 0.448. The standard InChI is InChI=1S/C54H37N3/c1-54(42-28-26-35(27-29-42)41-30-40-14-4-11-21-51(40)55-34-41)56-52(33-53(57-54)50-32-39-13-3-6-16-44(39)46-18-8-10-20-48(46)50)37-24-22-36(23-25-37)49-31-38-12-2-5-15-43(38)45-17-7-9-19-47(45)49/h2-34,56H,1H3. The van der Waals surface area contributed by atoms with E-state index in [9.17, 15) is 0 Å². The van der Waals surface area contributed by atoms with Gasteiger partial charge in [0.2, 0.25) is 0 Å². The quantitative estimate of drug-likeness (QED) is 0.179. The zero-order valence-electron chi connectivity index (χ0n) is 31.4. The lowest BCUT2D eigenvalue weighted by Crippen LogP contribution is -2.40. The first kappa shape index (κ1) is 33.0. The Balaban J connectivity index is 1.04. The largest absolute Gasteiger partial charge is 0.357 e. The highest BCUT2D eigenvalue weighted by molar-refractivity contribution is 6.24. The van der Waals surface area contributed by atoms with E-state index in [1.807, 2.05) is 12.3 Å². The summed E-state index contributed by atoms with van der Waals surface area (Å²) in [5.41, 5.74) is 10.1. The molecule has 1 atom stereocenters. The van der Waals surface area contributed by atoms with E-state index in [1.165, 1.54) is 54.2 Å². The number of aromatic nitrogens is 1. The van der Waals surface area contributed by atoms with Crippen LogP contribution in [0.2, 0.25) is 0 Å². The minimum atomic E-state index is -0.750. The van der Waals surface area contributed by atoms with Crippen LogP contribution in [0.5, 0.6) is 0 Å². The first-order chi connectivity index (χ1) is 28.1. The molecule has 1 unspecified atom stereocenters. The van der Waals surface area contributed by atoms with Crippen LogP contribution < -0.4 is 5.32 Å². The van der Waals surface area contributed by atoms with E-state index in [1.54, 1.807) is 0 Å². The van der Waals surface area contributed by atoms with E-state index < -0.39 is 5.66 Å². The zero-order valence-corrected chi connectivity index (χ0v) is 31.4. The fourth-order valence-corrected chi connectivity index (χ4v) is 8.77. The SMILES string of the molecule is CC1(c2ccc(-c3cnc4ccccc4c3)cc2)N=C(c2cc3ccccc3c3ccccc23)C=C(c2ccc(-c3cc4ccccc4c4ccccc34)cc2)N1. The number of benzene rings is 9. The van der Waals surface area contributed by atoms with Crippen molar-refractivity contribution in [1.29, 1.82) is 0 Å². The van der Waals surface area contributed by atoms with Crippen LogP contribution in [0.25, 0.3) is 81.9 Å². The lowest BCUT2D eigenvalue weighted by Gasteiger charge is -2.34. The van der Waals surface area contributed by atoms with Gasteiger partial charge in [0.15, 0.2) is 5.66 Å². The number of aliphatic imine (C=N–C) groups is 1. The first-order valence-electron chi connectivity index (χ1n) is 19.6. The van der Waals surface area contributed by atoms with Gasteiger partial charge in [0.1, 0.15) is 0 Å². The van der Waals surface area contributed by atoms with Gasteiger partial charge in [-0.2, -0.15) is 0 Å². The third kappa shape index (κ3) is 5.67. The summed E-state index contributed by atoms with van der Waals surface area (Å²) in [6, 6.07) is 67.6. The van der Waals surface area contributed by atoms with Crippen molar-refractivity contribution in [3.8, 4) is 22.3 Å². The van der Waals surface area contributed by atoms with E-state index in [0.29, 0.717) is 0 Å². The summed E-state index contributed by atoms with van der Waals surface area (Å²) < 4.78 is 0. The lowest BCUT2D eigenvalue weighted by atomic mass is 9.90. The van der Waals surface area contributed by atoms with Crippen molar-refractivity contribution >= 4 is 65.4 Å². The molecular formula is C54H37N3. The summed E-state index contributed by atoms with van der Waals surface area (Å²) in [5, 5.41) is 14.9. The second kappa shape index (κ2) is 13.1. The van der Waals surface area contributed by atoms with Gasteiger partial charge in [0.25, 0.3) is 0 Å². The van der Waals surface area contributed by atoms with Crippen LogP contribution in [0, 0.1) is 0 Å². The predicted octanol–water partition coefficient (Wildman–Crippen LogP) is 13.5. The predicted molar refractivity (Wildman–Crippen MR) is 241 cm³/mol. The van der Waals surface area contributed by atoms with E-state index in [4.69, 9.17) is 9.98 Å². The summed E-state index contributed by atoms with van der Waals surface area (Å²) in [4.78, 5) is 10.3. The highest BCUT2D eigenvalue weighted by Crippen LogP contribution is 2.38. The highest BCUT2D eigenvalue weighted by Gasteiger charge is 2.31. The molecule has 1 N–H and O–H groups in total. The van der Waals surface area contributed by atoms with Crippen LogP contribution in [0.1, 0.15) is 23.6 Å². The van der Waals surface area contributed by atoms with Crippen molar-refractivity contribution in [1.82, 2.24) is 10.3 Å². The number of nitrogens with zero attached hydrogens (tertiary/aromatic N) is 2. The molecule has 0 saturated heterocycles. The normalized spacial score (nSPS) is 15.5. The second-order valence-electron chi connectivity index (χ2n) is 15.2. The van der Waals surface area contributed by atoms with Crippen LogP contribution in [-0.2, 0) is 5.66 Å². The molecule has 268 valence electrons. The number of fused-ring (bicyclic) bond motifs is 7. The number of hydrogen-bond donors (Lipinski definition) is 1. The number of pyridine rings is 1. The van der Waals surface area contributed by atoms with Gasteiger partial charge < -0.3 is 5.32 Å². The molecule has 0 bridgehead atoms. The van der Waals surface area contributed by atoms with Gasteiger partial charge in [-0.3, -0.25) is 9.98 Å². The topological polar surface area (TPSA) is 37.3 Å². The Morgan fingerprint density at radius 2 is 0.930 bits per heavy atom. The molecule has 0 saturated carbocycles. The Labute approximate surface area is 331 Å². The molecule has 57 heavy (non-hydrogen) atoms. The number of allylic oxidation sites excluding steroid dienone is 1. The molecule has 1 aliphatic rings. The average molecular weight is 728 g/mol. The third-order valence-electron chi connectivity index (χ3n) is 11.7. The Morgan fingerprint density at radius 1 is 0.421 bits per heavy atom. The van der Waals surface area contributed by atoms with Crippen molar-refractivity contribution < 1.29 is 0 Å². The second-order valence-corrected chi connectivity index (χ2v) is 15.2. The van der Waals surface area contributed by atoms with Crippen molar-refractivity contribution in [2.45, 2.75) is 12.6 Å². The van der Waals surface area contributed by atoms with Crippen LogP contribution >= 0.6 is 0 Å². The van der Waals surface area contributed by atoms with E-state index in [-0.39, 0.29) is 0 Å². The van der Waals surface area contributed by atoms with Gasteiger partial charge in [0.05, 0.1) is 11.2 Å². The molecular weight excluding hydrogens is 691 g/mol. The molecule has 10 aromatic rings. The molecule has 1 aromatic heterocycles. The minimum Gasteiger partial charge on any atom is -0.357 e. The number of rotatable bonds is 5. The molecule has 0 amide bonds. The Kier molecular flexibility index (Phi) is 7.61. The number of hydrogen-bond acceptors (Lipinski definition) is 3. The highest BCUT2D eigenvalue weighted by atomic mass is 15.2. The first-order valence-corrected chi connectivity index (χ1v) is 19.6. The zero-order chi connectivity index (χ0) is 37.9. The third-order valence-corrected chi connectivity index (χ3v) is 11.7. The molecule has 2 heterocycles. The maximum Gasteiger partial charge on any atom is 0.153 e. The summed E-state index contributed by atoms with van der Waals surface area (Å²) in [5.74, 6) is 0. The Morgan fingerprint density at radius 3 is 1.60 bits per heavy atom. The maximum atomic E-state index is 5.58. The van der Waals surface area contributed by atoms with Gasteiger partial charge in [-0.15, -0.1) is 0 Å². The number of para-hydroxylation sites is 1. The Bertz CT molecular complexity index is 3270. The van der Waals surface area contributed by atoms with E-state index in [0.717, 1.165) is 50.1 Å². The van der Waals surface area contributed by atoms with Crippen LogP contribution in [-0.4, -0.2) is 10.7 Å². The molecule has 0 spiro atoms. The maximum absolute atomic E-state index is 5.58. The van der Waals surface area contributed by atoms with Crippen molar-refractivity contribution in [2.75, 3.05) is 0 Å². The van der Waals surface area contributed by atoms with Crippen LogP contribution in [0.4, 0.5) is 0 Å². The summed E-state index contributed by atoms with van der Waals surface area (Å²) in [7, 11) is 0. The molecule has 9 aromatic carbocycles. The van der Waals surface area contributed by atoms with Gasteiger partial charge in [-0.1, -0.05) is 164 Å². The molecule has 1 aliphatic heterocycles. The van der Waals surface area contributed by atoms with E-state index in [2.05, 4.69) is 200 Å².